The highest BCUT2D eigenvalue weighted by Crippen LogP contribution is 2.08. The van der Waals surface area contributed by atoms with Gasteiger partial charge in [-0.15, -0.1) is 10.2 Å². The second-order valence-electron chi connectivity index (χ2n) is 3.82. The maximum Gasteiger partial charge on any atom is 0.243 e. The summed E-state index contributed by atoms with van der Waals surface area (Å²) in [6.07, 6.45) is -0.0370. The summed E-state index contributed by atoms with van der Waals surface area (Å²) in [4.78, 5) is 4.36. The molecule has 0 radical (unpaired) electrons. The van der Waals surface area contributed by atoms with Gasteiger partial charge in [0.1, 0.15) is 5.52 Å². The van der Waals surface area contributed by atoms with Crippen LogP contribution in [0.4, 0.5) is 5.95 Å². The topological polar surface area (TPSA) is 69.2 Å². The van der Waals surface area contributed by atoms with Crippen molar-refractivity contribution in [3.63, 3.8) is 0 Å². The fourth-order valence-corrected chi connectivity index (χ4v) is 1.56. The molecule has 1 N–H and O–H groups in total. The highest BCUT2D eigenvalue weighted by Gasteiger charge is 2.08. The summed E-state index contributed by atoms with van der Waals surface area (Å²) in [6, 6.07) is 7.61. The number of anilines is 1. The Kier molecular flexibility index (Phi) is 4.38. The fraction of sp³-hybridized carbons (Fsp3) is 0.417. The van der Waals surface area contributed by atoms with Crippen LogP contribution in [0.25, 0.3) is 11.0 Å². The monoisotopic (exact) mass is 248 g/mol. The molecule has 1 unspecified atom stereocenters. The molecule has 0 aliphatic heterocycles. The normalized spacial score (nSPS) is 12.6. The molecular formula is C12H16N4O2. The Hall–Kier alpha value is -1.79. The van der Waals surface area contributed by atoms with Gasteiger partial charge in [-0.2, -0.15) is 0 Å². The van der Waals surface area contributed by atoms with Gasteiger partial charge in [-0.25, -0.2) is 4.98 Å². The molecule has 0 amide bonds. The van der Waals surface area contributed by atoms with Crippen LogP contribution in [0.1, 0.15) is 0 Å². The first-order chi connectivity index (χ1) is 8.83. The molecule has 6 nitrogen and oxygen atoms in total. The Labute approximate surface area is 105 Å². The third kappa shape index (κ3) is 3.12. The van der Waals surface area contributed by atoms with E-state index in [-0.39, 0.29) is 6.10 Å². The Bertz CT molecular complexity index is 506. The van der Waals surface area contributed by atoms with Gasteiger partial charge in [-0.3, -0.25) is 0 Å². The molecule has 2 rings (SSSR count). The molecule has 0 fully saturated rings. The number of para-hydroxylation sites is 1. The van der Waals surface area contributed by atoms with Crippen LogP contribution in [0.15, 0.2) is 24.3 Å². The molecule has 6 heteroatoms. The van der Waals surface area contributed by atoms with E-state index >= 15 is 0 Å². The summed E-state index contributed by atoms with van der Waals surface area (Å²) in [5.41, 5.74) is 1.60. The van der Waals surface area contributed by atoms with Gasteiger partial charge in [-0.1, -0.05) is 12.1 Å². The molecule has 1 aromatic carbocycles. The van der Waals surface area contributed by atoms with Crippen molar-refractivity contribution in [3.05, 3.63) is 24.3 Å². The van der Waals surface area contributed by atoms with E-state index in [2.05, 4.69) is 20.5 Å². The number of hydrogen-bond donors (Lipinski definition) is 1. The smallest absolute Gasteiger partial charge is 0.243 e. The zero-order valence-electron chi connectivity index (χ0n) is 10.5. The molecule has 0 saturated carbocycles. The van der Waals surface area contributed by atoms with Crippen LogP contribution in [0.3, 0.4) is 0 Å². The van der Waals surface area contributed by atoms with Crippen LogP contribution in [0.2, 0.25) is 0 Å². The Morgan fingerprint density at radius 2 is 1.94 bits per heavy atom. The third-order valence-electron chi connectivity index (χ3n) is 2.53. The number of aromatic nitrogens is 3. The predicted octanol–water partition coefficient (Wildman–Crippen LogP) is 1.10. The summed E-state index contributed by atoms with van der Waals surface area (Å²) < 4.78 is 10.3. The van der Waals surface area contributed by atoms with Gasteiger partial charge in [0, 0.05) is 20.8 Å². The van der Waals surface area contributed by atoms with Gasteiger partial charge in [0.25, 0.3) is 0 Å². The van der Waals surface area contributed by atoms with E-state index in [1.165, 1.54) is 0 Å². The van der Waals surface area contributed by atoms with Crippen LogP contribution < -0.4 is 5.32 Å². The zero-order valence-corrected chi connectivity index (χ0v) is 10.5. The first-order valence-corrected chi connectivity index (χ1v) is 5.68. The molecule has 96 valence electrons. The van der Waals surface area contributed by atoms with E-state index in [1.54, 1.807) is 14.2 Å². The van der Waals surface area contributed by atoms with Crippen molar-refractivity contribution in [2.24, 2.45) is 0 Å². The minimum atomic E-state index is -0.0370. The van der Waals surface area contributed by atoms with E-state index in [0.29, 0.717) is 19.1 Å². The maximum atomic E-state index is 5.24. The molecule has 2 aromatic rings. The van der Waals surface area contributed by atoms with Gasteiger partial charge in [0.05, 0.1) is 18.2 Å². The number of ether oxygens (including phenoxy) is 2. The number of benzene rings is 1. The average molecular weight is 248 g/mol. The summed E-state index contributed by atoms with van der Waals surface area (Å²) >= 11 is 0. The van der Waals surface area contributed by atoms with Crippen molar-refractivity contribution in [3.8, 4) is 0 Å². The number of rotatable bonds is 6. The second-order valence-corrected chi connectivity index (χ2v) is 3.82. The molecule has 0 saturated heterocycles. The first kappa shape index (κ1) is 12.7. The lowest BCUT2D eigenvalue weighted by molar-refractivity contribution is 0.0364. The third-order valence-corrected chi connectivity index (χ3v) is 2.53. The number of nitrogens with zero attached hydrogens (tertiary/aromatic N) is 3. The van der Waals surface area contributed by atoms with Crippen molar-refractivity contribution in [2.75, 3.05) is 32.7 Å². The molecule has 0 spiro atoms. The van der Waals surface area contributed by atoms with E-state index in [4.69, 9.17) is 9.47 Å². The Morgan fingerprint density at radius 3 is 2.67 bits per heavy atom. The Balaban J connectivity index is 2.03. The number of hydrogen-bond acceptors (Lipinski definition) is 6. The van der Waals surface area contributed by atoms with Gasteiger partial charge in [0.2, 0.25) is 5.95 Å². The van der Waals surface area contributed by atoms with Crippen molar-refractivity contribution in [1.29, 1.82) is 0 Å². The van der Waals surface area contributed by atoms with Crippen LogP contribution in [0, 0.1) is 0 Å². The molecule has 0 aliphatic rings. The lowest BCUT2D eigenvalue weighted by atomic mass is 10.3. The van der Waals surface area contributed by atoms with Crippen molar-refractivity contribution in [1.82, 2.24) is 15.2 Å². The lowest BCUT2D eigenvalue weighted by Gasteiger charge is -2.14. The van der Waals surface area contributed by atoms with Crippen LogP contribution in [-0.4, -0.2) is 48.7 Å². The molecule has 1 heterocycles. The zero-order chi connectivity index (χ0) is 12.8. The standard InChI is InChI=1S/C12H16N4O2/c1-17-8-9(18-2)7-13-12-14-10-5-3-4-6-11(10)15-16-12/h3-6,9H,7-8H2,1-2H3,(H,13,14,16). The highest BCUT2D eigenvalue weighted by atomic mass is 16.5. The lowest BCUT2D eigenvalue weighted by Crippen LogP contribution is -2.27. The van der Waals surface area contributed by atoms with Gasteiger partial charge in [0.15, 0.2) is 0 Å². The minimum Gasteiger partial charge on any atom is -0.382 e. The van der Waals surface area contributed by atoms with E-state index in [9.17, 15) is 0 Å². The van der Waals surface area contributed by atoms with Gasteiger partial charge < -0.3 is 14.8 Å². The summed E-state index contributed by atoms with van der Waals surface area (Å²) in [5.74, 6) is 0.492. The molecular weight excluding hydrogens is 232 g/mol. The van der Waals surface area contributed by atoms with E-state index < -0.39 is 0 Å². The molecule has 0 bridgehead atoms. The van der Waals surface area contributed by atoms with Crippen LogP contribution in [0.5, 0.6) is 0 Å². The average Bonchev–Trinajstić information content (AvgIpc) is 2.43. The fourth-order valence-electron chi connectivity index (χ4n) is 1.56. The van der Waals surface area contributed by atoms with Crippen molar-refractivity contribution in [2.45, 2.75) is 6.10 Å². The number of nitrogens with one attached hydrogen (secondary N) is 1. The van der Waals surface area contributed by atoms with E-state index in [1.807, 2.05) is 24.3 Å². The first-order valence-electron chi connectivity index (χ1n) is 5.68. The second kappa shape index (κ2) is 6.23. The van der Waals surface area contributed by atoms with E-state index in [0.717, 1.165) is 11.0 Å². The predicted molar refractivity (Wildman–Crippen MR) is 68.5 cm³/mol. The summed E-state index contributed by atoms with van der Waals surface area (Å²) in [6.45, 7) is 1.09. The van der Waals surface area contributed by atoms with Crippen LogP contribution in [-0.2, 0) is 9.47 Å². The van der Waals surface area contributed by atoms with Crippen molar-refractivity contribution < 1.29 is 9.47 Å². The van der Waals surface area contributed by atoms with Crippen LogP contribution >= 0.6 is 0 Å². The summed E-state index contributed by atoms with van der Waals surface area (Å²) in [5, 5.41) is 11.2. The molecule has 0 aliphatic carbocycles. The SMILES string of the molecule is COCC(CNc1nnc2ccccc2n1)OC. The van der Waals surface area contributed by atoms with Crippen molar-refractivity contribution >= 4 is 17.0 Å². The maximum absolute atomic E-state index is 5.24. The molecule has 18 heavy (non-hydrogen) atoms. The van der Waals surface area contributed by atoms with Gasteiger partial charge in [-0.05, 0) is 12.1 Å². The highest BCUT2D eigenvalue weighted by molar-refractivity contribution is 5.73. The number of fused-ring (bicyclic) bond motifs is 1. The minimum absolute atomic E-state index is 0.0370. The Morgan fingerprint density at radius 1 is 1.17 bits per heavy atom. The van der Waals surface area contributed by atoms with Gasteiger partial charge >= 0.3 is 0 Å². The largest absolute Gasteiger partial charge is 0.382 e. The molecule has 1 atom stereocenters. The molecule has 1 aromatic heterocycles. The quantitative estimate of drug-likeness (QED) is 0.825. The summed E-state index contributed by atoms with van der Waals surface area (Å²) in [7, 11) is 3.28. The number of methoxy groups -OCH3 is 2.